The summed E-state index contributed by atoms with van der Waals surface area (Å²) in [5.41, 5.74) is 3.00. The fourth-order valence-electron chi connectivity index (χ4n) is 2.73. The van der Waals surface area contributed by atoms with Crippen LogP contribution in [0.1, 0.15) is 31.5 Å². The quantitative estimate of drug-likeness (QED) is 0.845. The molecule has 100 valence electrons. The molecule has 0 spiro atoms. The van der Waals surface area contributed by atoms with Gasteiger partial charge in [0.2, 0.25) is 0 Å². The Morgan fingerprint density at radius 2 is 2.21 bits per heavy atom. The molecule has 0 unspecified atom stereocenters. The van der Waals surface area contributed by atoms with Crippen molar-refractivity contribution in [1.82, 2.24) is 24.6 Å². The van der Waals surface area contributed by atoms with Crippen LogP contribution in [0.4, 0.5) is 0 Å². The molecule has 0 aliphatic carbocycles. The van der Waals surface area contributed by atoms with Crippen LogP contribution in [0, 0.1) is 0 Å². The summed E-state index contributed by atoms with van der Waals surface area (Å²) in [6.07, 6.45) is 8.00. The molecule has 0 amide bonds. The zero-order chi connectivity index (χ0) is 13.2. The first-order chi connectivity index (χ1) is 9.29. The van der Waals surface area contributed by atoms with E-state index in [9.17, 15) is 0 Å². The SMILES string of the molecule is CCn1nccc1-c1cnc([C@@H]2CCCN2C)cn1. The van der Waals surface area contributed by atoms with Crippen molar-refractivity contribution < 1.29 is 0 Å². The highest BCUT2D eigenvalue weighted by Crippen LogP contribution is 2.29. The number of hydrogen-bond donors (Lipinski definition) is 0. The molecule has 0 saturated carbocycles. The third-order valence-corrected chi connectivity index (χ3v) is 3.81. The third kappa shape index (κ3) is 2.26. The van der Waals surface area contributed by atoms with E-state index in [1.54, 1.807) is 6.20 Å². The number of likely N-dealkylation sites (tertiary alicyclic amines) is 1. The predicted molar refractivity (Wildman–Crippen MR) is 73.5 cm³/mol. The molecule has 1 fully saturated rings. The van der Waals surface area contributed by atoms with Crippen molar-refractivity contribution in [3.05, 3.63) is 30.4 Å². The van der Waals surface area contributed by atoms with Crippen LogP contribution in [0.3, 0.4) is 0 Å². The van der Waals surface area contributed by atoms with Gasteiger partial charge in [0.05, 0.1) is 29.8 Å². The Labute approximate surface area is 113 Å². The summed E-state index contributed by atoms with van der Waals surface area (Å²) in [4.78, 5) is 11.5. The van der Waals surface area contributed by atoms with Crippen molar-refractivity contribution in [1.29, 1.82) is 0 Å². The fraction of sp³-hybridized carbons (Fsp3) is 0.500. The molecule has 1 saturated heterocycles. The van der Waals surface area contributed by atoms with Gasteiger partial charge in [-0.05, 0) is 39.4 Å². The zero-order valence-corrected chi connectivity index (χ0v) is 11.5. The number of aromatic nitrogens is 4. The lowest BCUT2D eigenvalue weighted by Gasteiger charge is -2.18. The average molecular weight is 257 g/mol. The molecule has 2 aromatic rings. The molecule has 3 heterocycles. The molecule has 5 heteroatoms. The smallest absolute Gasteiger partial charge is 0.107 e. The molecule has 0 bridgehead atoms. The first-order valence-electron chi connectivity index (χ1n) is 6.84. The molecule has 1 aliphatic heterocycles. The van der Waals surface area contributed by atoms with E-state index >= 15 is 0 Å². The van der Waals surface area contributed by atoms with E-state index in [-0.39, 0.29) is 0 Å². The summed E-state index contributed by atoms with van der Waals surface area (Å²) in [7, 11) is 2.15. The lowest BCUT2D eigenvalue weighted by atomic mass is 10.1. The van der Waals surface area contributed by atoms with Crippen molar-refractivity contribution in [2.75, 3.05) is 13.6 Å². The monoisotopic (exact) mass is 257 g/mol. The maximum Gasteiger partial charge on any atom is 0.107 e. The Kier molecular flexibility index (Phi) is 3.29. The molecule has 5 nitrogen and oxygen atoms in total. The second kappa shape index (κ2) is 5.09. The van der Waals surface area contributed by atoms with Crippen LogP contribution in [-0.4, -0.2) is 38.2 Å². The molecule has 0 N–H and O–H groups in total. The van der Waals surface area contributed by atoms with Gasteiger partial charge in [0.15, 0.2) is 0 Å². The van der Waals surface area contributed by atoms with Crippen molar-refractivity contribution in [2.24, 2.45) is 0 Å². The standard InChI is InChI=1S/C14H19N5/c1-3-19-14(6-7-17-19)12-10-15-11(9-16-12)13-5-4-8-18(13)2/h6-7,9-10,13H,3-5,8H2,1-2H3/t13-/m0/s1. The van der Waals surface area contributed by atoms with Crippen LogP contribution in [0.25, 0.3) is 11.4 Å². The number of nitrogens with zero attached hydrogens (tertiary/aromatic N) is 5. The fourth-order valence-corrected chi connectivity index (χ4v) is 2.73. The largest absolute Gasteiger partial charge is 0.298 e. The predicted octanol–water partition coefficient (Wildman–Crippen LogP) is 2.13. The molecule has 19 heavy (non-hydrogen) atoms. The van der Waals surface area contributed by atoms with Gasteiger partial charge < -0.3 is 0 Å². The summed E-state index contributed by atoms with van der Waals surface area (Å²) >= 11 is 0. The second-order valence-corrected chi connectivity index (χ2v) is 5.00. The topological polar surface area (TPSA) is 46.8 Å². The van der Waals surface area contributed by atoms with E-state index in [1.807, 2.05) is 23.1 Å². The minimum absolute atomic E-state index is 0.428. The van der Waals surface area contributed by atoms with Gasteiger partial charge in [-0.15, -0.1) is 0 Å². The molecule has 3 rings (SSSR count). The first kappa shape index (κ1) is 12.3. The van der Waals surface area contributed by atoms with Gasteiger partial charge in [-0.3, -0.25) is 19.5 Å². The van der Waals surface area contributed by atoms with Gasteiger partial charge in [0, 0.05) is 12.7 Å². The van der Waals surface area contributed by atoms with Crippen molar-refractivity contribution in [3.8, 4) is 11.4 Å². The van der Waals surface area contributed by atoms with E-state index in [0.717, 1.165) is 30.2 Å². The normalized spacial score (nSPS) is 20.0. The lowest BCUT2D eigenvalue weighted by molar-refractivity contribution is 0.311. The van der Waals surface area contributed by atoms with Crippen LogP contribution < -0.4 is 0 Å². The van der Waals surface area contributed by atoms with Gasteiger partial charge in [-0.25, -0.2) is 0 Å². The van der Waals surface area contributed by atoms with Crippen molar-refractivity contribution in [2.45, 2.75) is 32.4 Å². The van der Waals surface area contributed by atoms with Gasteiger partial charge in [0.25, 0.3) is 0 Å². The van der Waals surface area contributed by atoms with Crippen LogP contribution in [0.2, 0.25) is 0 Å². The molecule has 0 aromatic carbocycles. The minimum atomic E-state index is 0.428. The summed E-state index contributed by atoms with van der Waals surface area (Å²) in [6.45, 7) is 4.07. The van der Waals surface area contributed by atoms with E-state index in [0.29, 0.717) is 6.04 Å². The van der Waals surface area contributed by atoms with Crippen LogP contribution >= 0.6 is 0 Å². The highest BCUT2D eigenvalue weighted by atomic mass is 15.3. The summed E-state index contributed by atoms with van der Waals surface area (Å²) in [5, 5.41) is 4.26. The molecule has 2 aromatic heterocycles. The molecular weight excluding hydrogens is 238 g/mol. The van der Waals surface area contributed by atoms with E-state index < -0.39 is 0 Å². The molecule has 0 radical (unpaired) electrons. The van der Waals surface area contributed by atoms with Crippen LogP contribution in [-0.2, 0) is 6.54 Å². The molecule has 1 atom stereocenters. The minimum Gasteiger partial charge on any atom is -0.298 e. The molecular formula is C14H19N5. The van der Waals surface area contributed by atoms with Gasteiger partial charge >= 0.3 is 0 Å². The van der Waals surface area contributed by atoms with E-state index in [1.165, 1.54) is 12.8 Å². The number of rotatable bonds is 3. The van der Waals surface area contributed by atoms with Crippen LogP contribution in [0.5, 0.6) is 0 Å². The highest BCUT2D eigenvalue weighted by molar-refractivity contribution is 5.52. The first-order valence-corrected chi connectivity index (χ1v) is 6.84. The third-order valence-electron chi connectivity index (χ3n) is 3.81. The Morgan fingerprint density at radius 1 is 1.32 bits per heavy atom. The van der Waals surface area contributed by atoms with E-state index in [2.05, 4.69) is 33.9 Å². The zero-order valence-electron chi connectivity index (χ0n) is 11.5. The van der Waals surface area contributed by atoms with E-state index in [4.69, 9.17) is 0 Å². The summed E-state index contributed by atoms with van der Waals surface area (Å²) in [5.74, 6) is 0. The Bertz CT molecular complexity index is 545. The lowest BCUT2D eigenvalue weighted by Crippen LogP contribution is -2.18. The average Bonchev–Trinajstić information content (AvgIpc) is 3.07. The van der Waals surface area contributed by atoms with Crippen LogP contribution in [0.15, 0.2) is 24.7 Å². The highest BCUT2D eigenvalue weighted by Gasteiger charge is 2.24. The van der Waals surface area contributed by atoms with Gasteiger partial charge in [-0.1, -0.05) is 0 Å². The molecule has 1 aliphatic rings. The number of aryl methyl sites for hydroxylation is 1. The van der Waals surface area contributed by atoms with Gasteiger partial charge in [0.1, 0.15) is 5.69 Å². The van der Waals surface area contributed by atoms with Crippen molar-refractivity contribution in [3.63, 3.8) is 0 Å². The summed E-state index contributed by atoms with van der Waals surface area (Å²) in [6, 6.07) is 2.41. The number of hydrogen-bond acceptors (Lipinski definition) is 4. The van der Waals surface area contributed by atoms with Crippen molar-refractivity contribution >= 4 is 0 Å². The Balaban J connectivity index is 1.86. The maximum atomic E-state index is 4.60. The second-order valence-electron chi connectivity index (χ2n) is 5.00. The summed E-state index contributed by atoms with van der Waals surface area (Å²) < 4.78 is 1.94. The van der Waals surface area contributed by atoms with Gasteiger partial charge in [-0.2, -0.15) is 5.10 Å². The Morgan fingerprint density at radius 3 is 2.84 bits per heavy atom. The maximum absolute atomic E-state index is 4.60. The Hall–Kier alpha value is -1.75.